The molecule has 2 aromatic carbocycles. The molecule has 0 unspecified atom stereocenters. The molecule has 0 aromatic heterocycles. The van der Waals surface area contributed by atoms with Crippen LogP contribution in [0.15, 0.2) is 47.4 Å². The lowest BCUT2D eigenvalue weighted by Gasteiger charge is -2.08. The average Bonchev–Trinajstić information content (AvgIpc) is 2.37. The van der Waals surface area contributed by atoms with E-state index in [9.17, 15) is 12.8 Å². The van der Waals surface area contributed by atoms with Crippen molar-refractivity contribution in [1.29, 1.82) is 0 Å². The SMILES string of the molecule is CS(=O)(=O)c1ccc(OCc2ccc(Cl)cc2F)cc1. The Morgan fingerprint density at radius 1 is 1.15 bits per heavy atom. The molecule has 106 valence electrons. The highest BCUT2D eigenvalue weighted by Gasteiger charge is 2.07. The Labute approximate surface area is 121 Å². The Morgan fingerprint density at radius 3 is 2.35 bits per heavy atom. The molecule has 0 N–H and O–H groups in total. The molecule has 0 heterocycles. The van der Waals surface area contributed by atoms with Gasteiger partial charge >= 0.3 is 0 Å². The molecule has 0 atom stereocenters. The van der Waals surface area contributed by atoms with Crippen molar-refractivity contribution >= 4 is 21.4 Å². The zero-order chi connectivity index (χ0) is 14.8. The highest BCUT2D eigenvalue weighted by atomic mass is 35.5. The predicted octanol–water partition coefficient (Wildman–Crippen LogP) is 3.46. The van der Waals surface area contributed by atoms with Crippen LogP contribution in [0.1, 0.15) is 5.56 Å². The largest absolute Gasteiger partial charge is 0.489 e. The van der Waals surface area contributed by atoms with Gasteiger partial charge in [0.15, 0.2) is 9.84 Å². The molecule has 0 amide bonds. The van der Waals surface area contributed by atoms with Crippen molar-refractivity contribution in [2.45, 2.75) is 11.5 Å². The van der Waals surface area contributed by atoms with E-state index in [1.54, 1.807) is 12.1 Å². The first-order valence-electron chi connectivity index (χ1n) is 5.73. The van der Waals surface area contributed by atoms with Crippen LogP contribution in [-0.2, 0) is 16.4 Å². The zero-order valence-corrected chi connectivity index (χ0v) is 12.2. The average molecular weight is 315 g/mol. The van der Waals surface area contributed by atoms with Crippen LogP contribution >= 0.6 is 11.6 Å². The summed E-state index contributed by atoms with van der Waals surface area (Å²) in [6.07, 6.45) is 1.13. The maximum absolute atomic E-state index is 13.5. The summed E-state index contributed by atoms with van der Waals surface area (Å²) in [5, 5.41) is 0.323. The van der Waals surface area contributed by atoms with Gasteiger partial charge < -0.3 is 4.74 Å². The van der Waals surface area contributed by atoms with Gasteiger partial charge in [-0.1, -0.05) is 17.7 Å². The first kappa shape index (κ1) is 14.8. The molecule has 0 saturated carbocycles. The number of ether oxygens (including phenoxy) is 1. The van der Waals surface area contributed by atoms with Crippen molar-refractivity contribution in [2.75, 3.05) is 6.26 Å². The smallest absolute Gasteiger partial charge is 0.175 e. The summed E-state index contributed by atoms with van der Waals surface area (Å²) < 4.78 is 41.5. The van der Waals surface area contributed by atoms with Gasteiger partial charge in [-0.15, -0.1) is 0 Å². The number of benzene rings is 2. The van der Waals surface area contributed by atoms with Gasteiger partial charge in [0, 0.05) is 16.8 Å². The van der Waals surface area contributed by atoms with Crippen LogP contribution in [0.3, 0.4) is 0 Å². The second-order valence-electron chi connectivity index (χ2n) is 4.27. The summed E-state index contributed by atoms with van der Waals surface area (Å²) in [4.78, 5) is 0.211. The van der Waals surface area contributed by atoms with E-state index in [-0.39, 0.29) is 11.5 Å². The minimum atomic E-state index is -3.23. The number of halogens is 2. The first-order chi connectivity index (χ1) is 9.36. The molecule has 6 heteroatoms. The van der Waals surface area contributed by atoms with E-state index in [2.05, 4.69) is 0 Å². The van der Waals surface area contributed by atoms with Crippen molar-refractivity contribution in [3.05, 3.63) is 58.9 Å². The lowest BCUT2D eigenvalue weighted by molar-refractivity contribution is 0.299. The number of sulfone groups is 1. The van der Waals surface area contributed by atoms with Crippen molar-refractivity contribution in [1.82, 2.24) is 0 Å². The summed E-state index contributed by atoms with van der Waals surface area (Å²) in [5.41, 5.74) is 0.376. The maximum Gasteiger partial charge on any atom is 0.175 e. The molecule has 20 heavy (non-hydrogen) atoms. The van der Waals surface area contributed by atoms with E-state index in [1.165, 1.54) is 30.3 Å². The molecule has 3 nitrogen and oxygen atoms in total. The molecule has 0 fully saturated rings. The Bertz CT molecular complexity index is 712. The third-order valence-electron chi connectivity index (χ3n) is 2.66. The van der Waals surface area contributed by atoms with Gasteiger partial charge in [-0.05, 0) is 36.4 Å². The van der Waals surface area contributed by atoms with Gasteiger partial charge in [0.2, 0.25) is 0 Å². The molecule has 0 radical (unpaired) electrons. The molecule has 0 aliphatic carbocycles. The number of hydrogen-bond donors (Lipinski definition) is 0. The highest BCUT2D eigenvalue weighted by molar-refractivity contribution is 7.90. The fourth-order valence-electron chi connectivity index (χ4n) is 1.58. The molecular weight excluding hydrogens is 303 g/mol. The van der Waals surface area contributed by atoms with Gasteiger partial charge in [0.1, 0.15) is 18.2 Å². The maximum atomic E-state index is 13.5. The molecule has 0 bridgehead atoms. The number of rotatable bonds is 4. The van der Waals surface area contributed by atoms with Crippen molar-refractivity contribution < 1.29 is 17.5 Å². The summed E-state index contributed by atoms with van der Waals surface area (Å²) in [7, 11) is -3.23. The molecule has 0 aliphatic rings. The van der Waals surface area contributed by atoms with Crippen LogP contribution in [0.25, 0.3) is 0 Å². The zero-order valence-electron chi connectivity index (χ0n) is 10.6. The molecule has 2 aromatic rings. The van der Waals surface area contributed by atoms with E-state index >= 15 is 0 Å². The Kier molecular flexibility index (Phi) is 4.30. The minimum absolute atomic E-state index is 0.0429. The van der Waals surface area contributed by atoms with Crippen molar-refractivity contribution in [3.63, 3.8) is 0 Å². The van der Waals surface area contributed by atoms with Crippen molar-refractivity contribution in [3.8, 4) is 5.75 Å². The summed E-state index contributed by atoms with van der Waals surface area (Å²) in [6, 6.07) is 10.3. The monoisotopic (exact) mass is 314 g/mol. The lowest BCUT2D eigenvalue weighted by Crippen LogP contribution is -2.00. The Balaban J connectivity index is 2.08. The fourth-order valence-corrected chi connectivity index (χ4v) is 2.37. The Morgan fingerprint density at radius 2 is 1.80 bits per heavy atom. The summed E-state index contributed by atoms with van der Waals surface area (Å²) in [5.74, 6) is 0.0250. The van der Waals surface area contributed by atoms with E-state index in [0.29, 0.717) is 16.3 Å². The van der Waals surface area contributed by atoms with E-state index < -0.39 is 15.7 Å². The first-order valence-corrected chi connectivity index (χ1v) is 8.00. The van der Waals surface area contributed by atoms with Gasteiger partial charge in [-0.25, -0.2) is 12.8 Å². The molecular formula is C14H12ClFO3S. The second kappa shape index (κ2) is 5.81. The fraction of sp³-hybridized carbons (Fsp3) is 0.143. The normalized spacial score (nSPS) is 11.3. The minimum Gasteiger partial charge on any atom is -0.489 e. The molecule has 0 saturated heterocycles. The molecule has 0 spiro atoms. The third-order valence-corrected chi connectivity index (χ3v) is 4.02. The van der Waals surface area contributed by atoms with E-state index in [4.69, 9.17) is 16.3 Å². The topological polar surface area (TPSA) is 43.4 Å². The summed E-state index contributed by atoms with van der Waals surface area (Å²) >= 11 is 5.66. The van der Waals surface area contributed by atoms with Crippen LogP contribution in [-0.4, -0.2) is 14.7 Å². The van der Waals surface area contributed by atoms with Crippen LogP contribution in [0, 0.1) is 5.82 Å². The number of hydrogen-bond acceptors (Lipinski definition) is 3. The van der Waals surface area contributed by atoms with Crippen LogP contribution in [0.5, 0.6) is 5.75 Å². The van der Waals surface area contributed by atoms with Gasteiger partial charge in [-0.2, -0.15) is 0 Å². The van der Waals surface area contributed by atoms with E-state index in [0.717, 1.165) is 6.26 Å². The van der Waals surface area contributed by atoms with Gasteiger partial charge in [0.25, 0.3) is 0 Å². The molecule has 2 rings (SSSR count). The quantitative estimate of drug-likeness (QED) is 0.868. The third kappa shape index (κ3) is 3.71. The predicted molar refractivity (Wildman–Crippen MR) is 75.3 cm³/mol. The van der Waals surface area contributed by atoms with Crippen LogP contribution in [0.2, 0.25) is 5.02 Å². The standard InChI is InChI=1S/C14H12ClFO3S/c1-20(17,18)13-6-4-12(5-7-13)19-9-10-2-3-11(15)8-14(10)16/h2-8H,9H2,1H3. The van der Waals surface area contributed by atoms with E-state index in [1.807, 2.05) is 0 Å². The van der Waals surface area contributed by atoms with Gasteiger partial charge in [0.05, 0.1) is 4.90 Å². The van der Waals surface area contributed by atoms with Crippen LogP contribution < -0.4 is 4.74 Å². The second-order valence-corrected chi connectivity index (χ2v) is 6.72. The van der Waals surface area contributed by atoms with Crippen LogP contribution in [0.4, 0.5) is 4.39 Å². The molecule has 0 aliphatic heterocycles. The summed E-state index contributed by atoms with van der Waals surface area (Å²) in [6.45, 7) is 0.0429. The lowest BCUT2D eigenvalue weighted by atomic mass is 10.2. The van der Waals surface area contributed by atoms with Crippen molar-refractivity contribution in [2.24, 2.45) is 0 Å². The highest BCUT2D eigenvalue weighted by Crippen LogP contribution is 2.19. The Hall–Kier alpha value is -1.59. The van der Waals surface area contributed by atoms with Gasteiger partial charge in [-0.3, -0.25) is 0 Å².